The van der Waals surface area contributed by atoms with Gasteiger partial charge in [-0.1, -0.05) is 12.1 Å². The highest BCUT2D eigenvalue weighted by Gasteiger charge is 2.31. The van der Waals surface area contributed by atoms with Crippen molar-refractivity contribution in [2.24, 2.45) is 0 Å². The van der Waals surface area contributed by atoms with E-state index in [0.29, 0.717) is 18.9 Å². The van der Waals surface area contributed by atoms with Gasteiger partial charge in [0.05, 0.1) is 16.8 Å². The van der Waals surface area contributed by atoms with E-state index in [9.17, 15) is 13.2 Å². The highest BCUT2D eigenvalue weighted by molar-refractivity contribution is 5.91. The molecule has 1 aliphatic rings. The third-order valence-corrected chi connectivity index (χ3v) is 5.60. The van der Waals surface area contributed by atoms with Crippen molar-refractivity contribution >= 4 is 28.2 Å². The summed E-state index contributed by atoms with van der Waals surface area (Å²) in [6.07, 6.45) is -2.62. The topological polar surface area (TPSA) is 49.6 Å². The van der Waals surface area contributed by atoms with Crippen LogP contribution < -0.4 is 9.80 Å². The summed E-state index contributed by atoms with van der Waals surface area (Å²) in [5.41, 5.74) is 1.98. The summed E-state index contributed by atoms with van der Waals surface area (Å²) >= 11 is 0. The number of alkyl halides is 3. The number of nitrogens with zero attached hydrogens (tertiary/aromatic N) is 6. The molecular weight excluding hydrogens is 405 g/mol. The van der Waals surface area contributed by atoms with E-state index in [1.165, 1.54) is 6.07 Å². The molecule has 0 atom stereocenters. The van der Waals surface area contributed by atoms with Gasteiger partial charge in [0.2, 0.25) is 0 Å². The molecule has 1 fully saturated rings. The van der Waals surface area contributed by atoms with Crippen molar-refractivity contribution in [1.29, 1.82) is 0 Å². The van der Waals surface area contributed by atoms with Gasteiger partial charge in [-0.3, -0.25) is 0 Å². The molecule has 5 rings (SSSR count). The minimum absolute atomic E-state index is 0.564. The van der Waals surface area contributed by atoms with Crippen LogP contribution in [0.4, 0.5) is 24.8 Å². The van der Waals surface area contributed by atoms with Crippen LogP contribution in [0.25, 0.3) is 16.6 Å². The molecule has 1 saturated heterocycles. The van der Waals surface area contributed by atoms with Crippen LogP contribution in [0.2, 0.25) is 0 Å². The minimum atomic E-state index is -4.38. The summed E-state index contributed by atoms with van der Waals surface area (Å²) in [7, 11) is 0. The Morgan fingerprint density at radius 3 is 2.48 bits per heavy atom. The van der Waals surface area contributed by atoms with Gasteiger partial charge in [0.15, 0.2) is 5.65 Å². The Labute approximate surface area is 176 Å². The first-order valence-electron chi connectivity index (χ1n) is 10.2. The molecule has 31 heavy (non-hydrogen) atoms. The Morgan fingerprint density at radius 1 is 0.935 bits per heavy atom. The number of aryl methyl sites for hydroxylation is 1. The van der Waals surface area contributed by atoms with E-state index in [1.807, 2.05) is 46.7 Å². The van der Waals surface area contributed by atoms with Gasteiger partial charge >= 0.3 is 6.18 Å². The van der Waals surface area contributed by atoms with E-state index in [0.717, 1.165) is 59.8 Å². The second-order valence-corrected chi connectivity index (χ2v) is 7.74. The summed E-state index contributed by atoms with van der Waals surface area (Å²) < 4.78 is 40.4. The van der Waals surface area contributed by atoms with Gasteiger partial charge in [0.1, 0.15) is 11.6 Å². The molecule has 0 radical (unpaired) electrons. The maximum absolute atomic E-state index is 12.8. The molecule has 3 aromatic heterocycles. The molecule has 160 valence electrons. The molecule has 6 nitrogen and oxygen atoms in total. The lowest BCUT2D eigenvalue weighted by atomic mass is 10.2. The fourth-order valence-electron chi connectivity index (χ4n) is 4.10. The summed E-state index contributed by atoms with van der Waals surface area (Å²) in [4.78, 5) is 13.2. The average Bonchev–Trinajstić information content (AvgIpc) is 2.97. The van der Waals surface area contributed by atoms with Crippen LogP contribution in [0.5, 0.6) is 0 Å². The number of benzene rings is 1. The van der Waals surface area contributed by atoms with Crippen molar-refractivity contribution in [3.05, 3.63) is 59.9 Å². The standard InChI is InChI=1S/C22H21F3N6/c1-15-13-20-27-21(17-5-2-3-6-18(17)31(20)28-15)30-10-4-9-29(11-12-30)19-8-7-16(14-26-19)22(23,24)25/h2-3,5-8,13-14H,4,9-12H2,1H3. The molecule has 0 amide bonds. The van der Waals surface area contributed by atoms with E-state index in [1.54, 1.807) is 0 Å². The SMILES string of the molecule is Cc1cc2nc(N3CCCN(c4ccc(C(F)(F)F)cn4)CC3)c3ccccc3n2n1. The number of fused-ring (bicyclic) bond motifs is 3. The Bertz CT molecular complexity index is 1230. The third-order valence-electron chi connectivity index (χ3n) is 5.60. The summed E-state index contributed by atoms with van der Waals surface area (Å²) in [5.74, 6) is 1.47. The van der Waals surface area contributed by atoms with Crippen LogP contribution in [-0.2, 0) is 6.18 Å². The first kappa shape index (κ1) is 19.6. The van der Waals surface area contributed by atoms with Crippen LogP contribution in [0, 0.1) is 6.92 Å². The number of anilines is 2. The van der Waals surface area contributed by atoms with Crippen LogP contribution in [-0.4, -0.2) is 45.8 Å². The van der Waals surface area contributed by atoms with E-state index in [2.05, 4.69) is 15.0 Å². The predicted molar refractivity (Wildman–Crippen MR) is 114 cm³/mol. The molecule has 1 aromatic carbocycles. The Hall–Kier alpha value is -3.36. The summed E-state index contributed by atoms with van der Waals surface area (Å²) in [6, 6.07) is 12.6. The quantitative estimate of drug-likeness (QED) is 0.478. The van der Waals surface area contributed by atoms with Gasteiger partial charge in [0, 0.05) is 43.8 Å². The minimum Gasteiger partial charge on any atom is -0.355 e. The van der Waals surface area contributed by atoms with Crippen LogP contribution in [0.15, 0.2) is 48.7 Å². The van der Waals surface area contributed by atoms with Crippen molar-refractivity contribution in [2.75, 3.05) is 36.0 Å². The Kier molecular flexibility index (Phi) is 4.68. The lowest BCUT2D eigenvalue weighted by Gasteiger charge is -2.24. The zero-order valence-electron chi connectivity index (χ0n) is 17.0. The van der Waals surface area contributed by atoms with Gasteiger partial charge in [-0.05, 0) is 37.6 Å². The average molecular weight is 426 g/mol. The number of aromatic nitrogens is 4. The van der Waals surface area contributed by atoms with E-state index >= 15 is 0 Å². The predicted octanol–water partition coefficient (Wildman–Crippen LogP) is 4.32. The number of hydrogen-bond donors (Lipinski definition) is 0. The fraction of sp³-hybridized carbons (Fsp3) is 0.318. The molecule has 4 heterocycles. The number of rotatable bonds is 2. The van der Waals surface area contributed by atoms with Crippen LogP contribution in [0.3, 0.4) is 0 Å². The van der Waals surface area contributed by atoms with Crippen LogP contribution >= 0.6 is 0 Å². The number of hydrogen-bond acceptors (Lipinski definition) is 5. The van der Waals surface area contributed by atoms with E-state index in [-0.39, 0.29) is 0 Å². The lowest BCUT2D eigenvalue weighted by molar-refractivity contribution is -0.137. The van der Waals surface area contributed by atoms with Crippen molar-refractivity contribution in [2.45, 2.75) is 19.5 Å². The zero-order valence-corrected chi connectivity index (χ0v) is 17.0. The molecule has 1 aliphatic heterocycles. The molecular formula is C22H21F3N6. The van der Waals surface area contributed by atoms with Gasteiger partial charge in [-0.25, -0.2) is 14.5 Å². The molecule has 0 N–H and O–H groups in total. The highest BCUT2D eigenvalue weighted by atomic mass is 19.4. The van der Waals surface area contributed by atoms with Gasteiger partial charge in [-0.2, -0.15) is 18.3 Å². The highest BCUT2D eigenvalue weighted by Crippen LogP contribution is 2.30. The van der Waals surface area contributed by atoms with E-state index < -0.39 is 11.7 Å². The molecule has 4 aromatic rings. The first-order valence-corrected chi connectivity index (χ1v) is 10.2. The smallest absolute Gasteiger partial charge is 0.355 e. The largest absolute Gasteiger partial charge is 0.417 e. The normalized spacial score (nSPS) is 15.6. The van der Waals surface area contributed by atoms with Gasteiger partial charge in [0.25, 0.3) is 0 Å². The van der Waals surface area contributed by atoms with Crippen LogP contribution in [0.1, 0.15) is 17.7 Å². The second-order valence-electron chi connectivity index (χ2n) is 7.74. The van der Waals surface area contributed by atoms with E-state index in [4.69, 9.17) is 4.98 Å². The molecule has 0 unspecified atom stereocenters. The monoisotopic (exact) mass is 426 g/mol. The fourth-order valence-corrected chi connectivity index (χ4v) is 4.10. The first-order chi connectivity index (χ1) is 14.9. The third kappa shape index (κ3) is 3.64. The Balaban J connectivity index is 1.43. The molecule has 9 heteroatoms. The Morgan fingerprint density at radius 2 is 1.71 bits per heavy atom. The maximum Gasteiger partial charge on any atom is 0.417 e. The number of para-hydroxylation sites is 1. The molecule has 0 saturated carbocycles. The summed E-state index contributed by atoms with van der Waals surface area (Å²) in [6.45, 7) is 4.82. The van der Waals surface area contributed by atoms with Crippen molar-refractivity contribution in [1.82, 2.24) is 19.6 Å². The maximum atomic E-state index is 12.8. The summed E-state index contributed by atoms with van der Waals surface area (Å²) in [5, 5.41) is 5.59. The number of pyridine rings is 1. The van der Waals surface area contributed by atoms with Gasteiger partial charge in [-0.15, -0.1) is 0 Å². The zero-order chi connectivity index (χ0) is 21.6. The van der Waals surface area contributed by atoms with Crippen molar-refractivity contribution in [3.8, 4) is 0 Å². The molecule has 0 aliphatic carbocycles. The van der Waals surface area contributed by atoms with Crippen molar-refractivity contribution in [3.63, 3.8) is 0 Å². The molecule has 0 bridgehead atoms. The second kappa shape index (κ2) is 7.40. The van der Waals surface area contributed by atoms with Gasteiger partial charge < -0.3 is 9.80 Å². The lowest BCUT2D eigenvalue weighted by Crippen LogP contribution is -2.31. The number of halogens is 3. The van der Waals surface area contributed by atoms with Crippen molar-refractivity contribution < 1.29 is 13.2 Å². The molecule has 0 spiro atoms.